The first-order chi connectivity index (χ1) is 27.6. The van der Waals surface area contributed by atoms with Gasteiger partial charge in [-0.25, -0.2) is 32.8 Å². The average Bonchev–Trinajstić information content (AvgIpc) is 3.59. The highest BCUT2D eigenvalue weighted by atomic mass is 32.2. The minimum atomic E-state index is -5.33. The van der Waals surface area contributed by atoms with Crippen molar-refractivity contribution in [2.45, 2.75) is 109 Å². The highest BCUT2D eigenvalue weighted by molar-refractivity contribution is 7.92. The van der Waals surface area contributed by atoms with E-state index in [1.807, 2.05) is 0 Å². The zero-order valence-corrected chi connectivity index (χ0v) is 32.6. The fraction of sp³-hybridized carbons (Fsp3) is 0.436. The van der Waals surface area contributed by atoms with E-state index in [0.717, 1.165) is 23.9 Å². The van der Waals surface area contributed by atoms with Gasteiger partial charge in [-0.1, -0.05) is 41.6 Å². The number of anilines is 1. The molecule has 0 fully saturated rings. The first-order valence-corrected chi connectivity index (χ1v) is 18.1. The van der Waals surface area contributed by atoms with Crippen molar-refractivity contribution in [1.82, 2.24) is 20.0 Å². The van der Waals surface area contributed by atoms with Crippen LogP contribution < -0.4 is 4.90 Å². The standard InChI is InChI=1S/C39H49N5O9S/c1-24(2)54(48,49)28-19-17-27(18-20-28)30-22-40-33(44(35(46)51-38(6,7)8)36(47)52-39(9,10)11)32(41-30)31-21-29(42-53-31)26-15-13-25(14-16-26)23-43(12)34(45)50-37(3,4)5/h13-22,24H,23H2,1-12H3/i1D3,2D3,24D. The number of aromatic nitrogens is 3. The van der Waals surface area contributed by atoms with E-state index in [4.69, 9.17) is 28.3 Å². The summed E-state index contributed by atoms with van der Waals surface area (Å²) in [4.78, 5) is 50.2. The second kappa shape index (κ2) is 15.6. The lowest BCUT2D eigenvalue weighted by Gasteiger charge is -2.28. The van der Waals surface area contributed by atoms with Crippen LogP contribution in [0.1, 0.15) is 91.2 Å². The number of rotatable bonds is 8. The fourth-order valence-corrected chi connectivity index (χ4v) is 5.35. The monoisotopic (exact) mass is 770 g/mol. The Balaban J connectivity index is 1.85. The van der Waals surface area contributed by atoms with Crippen molar-refractivity contribution in [3.63, 3.8) is 0 Å². The summed E-state index contributed by atoms with van der Waals surface area (Å²) in [6.07, 6.45) is -1.70. The molecule has 0 spiro atoms. The molecule has 2 aromatic heterocycles. The summed E-state index contributed by atoms with van der Waals surface area (Å²) in [5, 5.41) is 0.288. The van der Waals surface area contributed by atoms with Gasteiger partial charge in [-0.2, -0.15) is 4.90 Å². The summed E-state index contributed by atoms with van der Waals surface area (Å²) in [7, 11) is -3.72. The Morgan fingerprint density at radius 2 is 1.30 bits per heavy atom. The van der Waals surface area contributed by atoms with Gasteiger partial charge in [0.15, 0.2) is 27.1 Å². The highest BCUT2D eigenvalue weighted by Gasteiger charge is 2.37. The van der Waals surface area contributed by atoms with Crippen LogP contribution in [-0.4, -0.2) is 75.8 Å². The van der Waals surface area contributed by atoms with Crippen LogP contribution in [0.15, 0.2) is 70.2 Å². The van der Waals surface area contributed by atoms with E-state index >= 15 is 0 Å². The lowest BCUT2D eigenvalue weighted by atomic mass is 10.1. The number of hydrogen-bond acceptors (Lipinski definition) is 12. The molecule has 15 heteroatoms. The lowest BCUT2D eigenvalue weighted by molar-refractivity contribution is 0.0283. The number of ether oxygens (including phenoxy) is 3. The summed E-state index contributed by atoms with van der Waals surface area (Å²) in [5.41, 5.74) is -1.27. The van der Waals surface area contributed by atoms with Gasteiger partial charge >= 0.3 is 18.3 Å². The lowest BCUT2D eigenvalue weighted by Crippen LogP contribution is -2.44. The summed E-state index contributed by atoms with van der Waals surface area (Å²) in [6.45, 7) is 7.55. The predicted molar refractivity (Wildman–Crippen MR) is 203 cm³/mol. The summed E-state index contributed by atoms with van der Waals surface area (Å²) in [5.74, 6) is -0.497. The number of sulfone groups is 1. The number of carbonyl (C=O) groups excluding carboxylic acids is 3. The van der Waals surface area contributed by atoms with E-state index in [9.17, 15) is 22.8 Å². The number of carbonyl (C=O) groups is 3. The van der Waals surface area contributed by atoms with E-state index < -0.39 is 74.6 Å². The molecular weight excluding hydrogens is 715 g/mol. The number of hydrogen-bond donors (Lipinski definition) is 0. The quantitative estimate of drug-likeness (QED) is 0.156. The minimum Gasteiger partial charge on any atom is -0.444 e. The van der Waals surface area contributed by atoms with Crippen molar-refractivity contribution in [3.8, 4) is 34.0 Å². The van der Waals surface area contributed by atoms with Gasteiger partial charge in [-0.3, -0.25) is 0 Å². The van der Waals surface area contributed by atoms with Crippen LogP contribution in [0.2, 0.25) is 0 Å². The maximum Gasteiger partial charge on any atom is 0.425 e. The third-order valence-corrected chi connectivity index (χ3v) is 8.39. The number of amides is 3. The van der Waals surface area contributed by atoms with Gasteiger partial charge in [0.05, 0.1) is 22.0 Å². The molecule has 4 rings (SSSR count). The van der Waals surface area contributed by atoms with E-state index in [2.05, 4.69) is 15.1 Å². The summed E-state index contributed by atoms with van der Waals surface area (Å²) in [6, 6.07) is 12.7. The van der Waals surface area contributed by atoms with E-state index in [1.54, 1.807) is 93.6 Å². The Labute approximate surface area is 326 Å². The average molecular weight is 771 g/mol. The Hall–Kier alpha value is -5.31. The van der Waals surface area contributed by atoms with Crippen LogP contribution >= 0.6 is 0 Å². The van der Waals surface area contributed by atoms with Gasteiger partial charge in [0.2, 0.25) is 0 Å². The second-order valence-electron chi connectivity index (χ2n) is 15.2. The Bertz CT molecular complexity index is 2320. The van der Waals surface area contributed by atoms with Crippen LogP contribution in [0, 0.1) is 0 Å². The molecule has 0 radical (unpaired) electrons. The molecule has 0 saturated heterocycles. The van der Waals surface area contributed by atoms with Gasteiger partial charge in [0.1, 0.15) is 22.5 Å². The molecule has 14 nitrogen and oxygen atoms in total. The Kier molecular flexibility index (Phi) is 9.27. The topological polar surface area (TPSA) is 171 Å². The normalized spacial score (nSPS) is 14.9. The van der Waals surface area contributed by atoms with Crippen molar-refractivity contribution < 1.29 is 51.1 Å². The van der Waals surface area contributed by atoms with Crippen LogP contribution in [0.4, 0.5) is 20.2 Å². The summed E-state index contributed by atoms with van der Waals surface area (Å²) >= 11 is 0. The van der Waals surface area contributed by atoms with E-state index in [1.165, 1.54) is 23.1 Å². The molecule has 0 N–H and O–H groups in total. The van der Waals surface area contributed by atoms with Crippen molar-refractivity contribution in [3.05, 3.63) is 66.4 Å². The largest absolute Gasteiger partial charge is 0.444 e. The molecule has 4 aromatic rings. The zero-order chi connectivity index (χ0) is 46.3. The van der Waals surface area contributed by atoms with Crippen LogP contribution in [0.5, 0.6) is 0 Å². The van der Waals surface area contributed by atoms with Crippen molar-refractivity contribution in [2.24, 2.45) is 0 Å². The van der Waals surface area contributed by atoms with E-state index in [0.29, 0.717) is 16.2 Å². The van der Waals surface area contributed by atoms with Crippen molar-refractivity contribution in [2.75, 3.05) is 11.9 Å². The molecule has 0 atom stereocenters. The second-order valence-corrected chi connectivity index (χ2v) is 17.1. The Morgan fingerprint density at radius 3 is 1.81 bits per heavy atom. The van der Waals surface area contributed by atoms with Crippen LogP contribution in [0.3, 0.4) is 0 Å². The predicted octanol–water partition coefficient (Wildman–Crippen LogP) is 8.69. The highest BCUT2D eigenvalue weighted by Crippen LogP contribution is 2.35. The molecule has 3 amide bonds. The molecule has 0 bridgehead atoms. The fourth-order valence-electron chi connectivity index (χ4n) is 4.62. The van der Waals surface area contributed by atoms with Gasteiger partial charge in [0, 0.05) is 40.4 Å². The first kappa shape index (κ1) is 32.1. The molecule has 0 saturated carbocycles. The molecule has 0 unspecified atom stereocenters. The smallest absolute Gasteiger partial charge is 0.425 e. The van der Waals surface area contributed by atoms with Gasteiger partial charge in [-0.05, 0) is 93.7 Å². The maximum atomic E-state index is 13.7. The molecule has 0 aliphatic rings. The van der Waals surface area contributed by atoms with Crippen LogP contribution in [-0.2, 0) is 30.6 Å². The third kappa shape index (κ3) is 10.6. The molecule has 54 heavy (non-hydrogen) atoms. The molecule has 0 aliphatic heterocycles. The number of nitrogens with zero attached hydrogens (tertiary/aromatic N) is 5. The molecule has 290 valence electrons. The summed E-state index contributed by atoms with van der Waals surface area (Å²) < 4.78 is 103. The van der Waals surface area contributed by atoms with Gasteiger partial charge in [0.25, 0.3) is 0 Å². The Morgan fingerprint density at radius 1 is 0.796 bits per heavy atom. The number of imide groups is 1. The van der Waals surface area contributed by atoms with Crippen molar-refractivity contribution in [1.29, 1.82) is 0 Å². The van der Waals surface area contributed by atoms with E-state index in [-0.39, 0.29) is 29.3 Å². The molecular formula is C39H49N5O9S. The van der Waals surface area contributed by atoms with Gasteiger partial charge in [-0.15, -0.1) is 0 Å². The SMILES string of the molecule is [2H]C([2H])([2H])C([2H])(C([2H])([2H])[2H])S(=O)(=O)c1ccc(-c2cnc(N(C(=O)OC(C)(C)C)C(=O)OC(C)(C)C)c(-c3cc(-c4ccc(CN(C)C(=O)OC(C)(C)C)cc4)no3)n2)cc1. The molecule has 2 heterocycles. The molecule has 2 aromatic carbocycles. The third-order valence-electron chi connectivity index (χ3n) is 6.96. The minimum absolute atomic E-state index is 0.0104. The van der Waals surface area contributed by atoms with Gasteiger partial charge < -0.3 is 23.6 Å². The maximum absolute atomic E-state index is 13.7. The first-order valence-electron chi connectivity index (χ1n) is 20.1. The molecule has 0 aliphatic carbocycles. The number of benzene rings is 2. The zero-order valence-electron chi connectivity index (χ0n) is 38.8. The van der Waals surface area contributed by atoms with Crippen LogP contribution in [0.25, 0.3) is 34.0 Å². The van der Waals surface area contributed by atoms with Crippen molar-refractivity contribution >= 4 is 33.9 Å².